The Morgan fingerprint density at radius 2 is 1.89 bits per heavy atom. The van der Waals surface area contributed by atoms with E-state index in [1.54, 1.807) is 18.2 Å². The van der Waals surface area contributed by atoms with Crippen molar-refractivity contribution in [2.45, 2.75) is 0 Å². The number of rotatable bonds is 1. The topological polar surface area (TPSA) is 52.0 Å². The Morgan fingerprint density at radius 3 is 2.67 bits per heavy atom. The fourth-order valence-electron chi connectivity index (χ4n) is 1.72. The molecule has 0 saturated heterocycles. The van der Waals surface area contributed by atoms with E-state index in [4.69, 9.17) is 10.2 Å². The van der Waals surface area contributed by atoms with E-state index in [9.17, 15) is 8.78 Å². The summed E-state index contributed by atoms with van der Waals surface area (Å²) in [5, 5.41) is 0. The second kappa shape index (κ2) is 3.80. The quantitative estimate of drug-likeness (QED) is 0.670. The first-order valence-electron chi connectivity index (χ1n) is 5.25. The predicted molar refractivity (Wildman–Crippen MR) is 63.8 cm³/mol. The molecule has 0 amide bonds. The summed E-state index contributed by atoms with van der Waals surface area (Å²) in [6, 6.07) is 8.18. The van der Waals surface area contributed by atoms with Crippen LogP contribution < -0.4 is 5.73 Å². The molecule has 1 aromatic heterocycles. The number of oxazole rings is 1. The largest absolute Gasteiger partial charge is 0.436 e. The second-order valence-electron chi connectivity index (χ2n) is 3.87. The third kappa shape index (κ3) is 1.69. The Bertz CT molecular complexity index is 737. The molecule has 3 nitrogen and oxygen atoms in total. The minimum Gasteiger partial charge on any atom is -0.436 e. The lowest BCUT2D eigenvalue weighted by Crippen LogP contribution is -1.86. The van der Waals surface area contributed by atoms with Crippen molar-refractivity contribution in [3.8, 4) is 11.5 Å². The van der Waals surface area contributed by atoms with Gasteiger partial charge in [0, 0.05) is 11.8 Å². The molecule has 90 valence electrons. The average molecular weight is 246 g/mol. The minimum atomic E-state index is -0.713. The van der Waals surface area contributed by atoms with Gasteiger partial charge in [0.1, 0.15) is 17.2 Å². The minimum absolute atomic E-state index is 0.105. The summed E-state index contributed by atoms with van der Waals surface area (Å²) >= 11 is 0. The molecule has 18 heavy (non-hydrogen) atoms. The number of anilines is 1. The van der Waals surface area contributed by atoms with Gasteiger partial charge in [-0.25, -0.2) is 13.8 Å². The van der Waals surface area contributed by atoms with Crippen molar-refractivity contribution in [3.05, 3.63) is 48.0 Å². The maximum absolute atomic E-state index is 13.6. The number of hydrogen-bond acceptors (Lipinski definition) is 3. The van der Waals surface area contributed by atoms with E-state index in [-0.39, 0.29) is 11.5 Å². The standard InChI is InChI=1S/C13H8F2N2O/c14-7-1-3-9(10(15)5-7)13-17-11-6-8(16)2-4-12(11)18-13/h1-6H,16H2. The lowest BCUT2D eigenvalue weighted by Gasteiger charge is -1.97. The number of nitrogens with zero attached hydrogens (tertiary/aromatic N) is 1. The number of nitrogen functional groups attached to an aromatic ring is 1. The van der Waals surface area contributed by atoms with Gasteiger partial charge in [-0.1, -0.05) is 0 Å². The maximum atomic E-state index is 13.6. The molecule has 0 aliphatic carbocycles. The van der Waals surface area contributed by atoms with Gasteiger partial charge in [-0.2, -0.15) is 0 Å². The molecule has 2 aromatic carbocycles. The van der Waals surface area contributed by atoms with Gasteiger partial charge in [-0.15, -0.1) is 0 Å². The van der Waals surface area contributed by atoms with Gasteiger partial charge in [0.15, 0.2) is 5.58 Å². The molecule has 0 bridgehead atoms. The van der Waals surface area contributed by atoms with Crippen molar-refractivity contribution in [2.24, 2.45) is 0 Å². The van der Waals surface area contributed by atoms with E-state index < -0.39 is 11.6 Å². The molecule has 2 N–H and O–H groups in total. The van der Waals surface area contributed by atoms with Crippen LogP contribution in [0.1, 0.15) is 0 Å². The van der Waals surface area contributed by atoms with Crippen LogP contribution in [0.5, 0.6) is 0 Å². The highest BCUT2D eigenvalue weighted by atomic mass is 19.1. The summed E-state index contributed by atoms with van der Waals surface area (Å²) < 4.78 is 31.8. The fraction of sp³-hybridized carbons (Fsp3) is 0. The molecule has 3 rings (SSSR count). The molecule has 3 aromatic rings. The van der Waals surface area contributed by atoms with Gasteiger partial charge in [0.2, 0.25) is 5.89 Å². The van der Waals surface area contributed by atoms with Crippen molar-refractivity contribution in [1.82, 2.24) is 4.98 Å². The van der Waals surface area contributed by atoms with E-state index in [1.807, 2.05) is 0 Å². The third-order valence-corrected chi connectivity index (χ3v) is 2.57. The first-order chi connectivity index (χ1) is 8.63. The molecule has 0 aliphatic rings. The van der Waals surface area contributed by atoms with Gasteiger partial charge >= 0.3 is 0 Å². The molecule has 0 atom stereocenters. The van der Waals surface area contributed by atoms with Gasteiger partial charge < -0.3 is 10.2 Å². The molecule has 0 fully saturated rings. The molecule has 0 radical (unpaired) electrons. The van der Waals surface area contributed by atoms with Crippen molar-refractivity contribution < 1.29 is 13.2 Å². The molecular weight excluding hydrogens is 238 g/mol. The Hall–Kier alpha value is -2.43. The second-order valence-corrected chi connectivity index (χ2v) is 3.87. The van der Waals surface area contributed by atoms with Crippen LogP contribution in [0.25, 0.3) is 22.6 Å². The first kappa shape index (κ1) is 10.7. The molecule has 0 unspecified atom stereocenters. The summed E-state index contributed by atoms with van der Waals surface area (Å²) in [4.78, 5) is 4.13. The monoisotopic (exact) mass is 246 g/mol. The zero-order valence-corrected chi connectivity index (χ0v) is 9.15. The van der Waals surface area contributed by atoms with Gasteiger partial charge in [-0.3, -0.25) is 0 Å². The predicted octanol–water partition coefficient (Wildman–Crippen LogP) is 3.36. The van der Waals surface area contributed by atoms with Gasteiger partial charge in [-0.05, 0) is 30.3 Å². The number of fused-ring (bicyclic) bond motifs is 1. The number of benzene rings is 2. The number of hydrogen-bond donors (Lipinski definition) is 1. The van der Waals surface area contributed by atoms with Gasteiger partial charge in [0.25, 0.3) is 0 Å². The molecule has 0 spiro atoms. The Labute approximate surface area is 101 Å². The number of aromatic nitrogens is 1. The summed E-state index contributed by atoms with van der Waals surface area (Å²) in [6.07, 6.45) is 0. The fourth-order valence-corrected chi connectivity index (χ4v) is 1.72. The van der Waals surface area contributed by atoms with Crippen LogP contribution in [0, 0.1) is 11.6 Å². The highest BCUT2D eigenvalue weighted by molar-refractivity contribution is 5.79. The van der Waals surface area contributed by atoms with Crippen LogP contribution in [-0.2, 0) is 0 Å². The van der Waals surface area contributed by atoms with Crippen molar-refractivity contribution >= 4 is 16.8 Å². The summed E-state index contributed by atoms with van der Waals surface area (Å²) in [5.74, 6) is -1.25. The SMILES string of the molecule is Nc1ccc2oc(-c3ccc(F)cc3F)nc2c1. The zero-order chi connectivity index (χ0) is 12.7. The zero-order valence-electron chi connectivity index (χ0n) is 9.15. The van der Waals surface area contributed by atoms with Gasteiger partial charge in [0.05, 0.1) is 5.56 Å². The molecule has 1 heterocycles. The van der Waals surface area contributed by atoms with Crippen LogP contribution in [0.15, 0.2) is 40.8 Å². The maximum Gasteiger partial charge on any atom is 0.230 e. The van der Waals surface area contributed by atoms with Crippen LogP contribution >= 0.6 is 0 Å². The Balaban J connectivity index is 2.19. The average Bonchev–Trinajstić information content (AvgIpc) is 2.71. The van der Waals surface area contributed by atoms with Crippen molar-refractivity contribution in [1.29, 1.82) is 0 Å². The molecular formula is C13H8F2N2O. The lowest BCUT2D eigenvalue weighted by molar-refractivity contribution is 0.572. The van der Waals surface area contributed by atoms with Crippen molar-refractivity contribution in [3.63, 3.8) is 0 Å². The van der Waals surface area contributed by atoms with Crippen LogP contribution in [0.2, 0.25) is 0 Å². The number of halogens is 2. The third-order valence-electron chi connectivity index (χ3n) is 2.57. The summed E-state index contributed by atoms with van der Waals surface area (Å²) in [7, 11) is 0. The highest BCUT2D eigenvalue weighted by Gasteiger charge is 2.13. The van der Waals surface area contributed by atoms with E-state index in [2.05, 4.69) is 4.98 Å². The van der Waals surface area contributed by atoms with Crippen LogP contribution in [0.3, 0.4) is 0 Å². The van der Waals surface area contributed by atoms with E-state index in [0.717, 1.165) is 12.1 Å². The Morgan fingerprint density at radius 1 is 1.06 bits per heavy atom. The smallest absolute Gasteiger partial charge is 0.230 e. The molecule has 0 saturated carbocycles. The van der Waals surface area contributed by atoms with Crippen molar-refractivity contribution in [2.75, 3.05) is 5.73 Å². The van der Waals surface area contributed by atoms with E-state index in [1.165, 1.54) is 6.07 Å². The molecule has 5 heteroatoms. The lowest BCUT2D eigenvalue weighted by atomic mass is 10.2. The highest BCUT2D eigenvalue weighted by Crippen LogP contribution is 2.27. The number of nitrogens with two attached hydrogens (primary N) is 1. The Kier molecular flexibility index (Phi) is 2.26. The molecule has 0 aliphatic heterocycles. The van der Waals surface area contributed by atoms with E-state index >= 15 is 0 Å². The first-order valence-corrected chi connectivity index (χ1v) is 5.25. The van der Waals surface area contributed by atoms with Crippen LogP contribution in [-0.4, -0.2) is 4.98 Å². The normalized spacial score (nSPS) is 11.0. The summed E-state index contributed by atoms with van der Waals surface area (Å²) in [5.41, 5.74) is 7.32. The summed E-state index contributed by atoms with van der Waals surface area (Å²) in [6.45, 7) is 0. The van der Waals surface area contributed by atoms with Crippen LogP contribution in [0.4, 0.5) is 14.5 Å². The van der Waals surface area contributed by atoms with E-state index in [0.29, 0.717) is 16.8 Å².